The molecule has 0 unspecified atom stereocenters. The van der Waals surface area contributed by atoms with Crippen LogP contribution in [0.5, 0.6) is 0 Å². The second-order valence-corrected chi connectivity index (χ2v) is 6.17. The second kappa shape index (κ2) is 6.87. The van der Waals surface area contributed by atoms with Crippen molar-refractivity contribution in [2.45, 2.75) is 40.0 Å². The number of nitrogens with zero attached hydrogens (tertiary/aromatic N) is 4. The maximum atomic E-state index is 11.3. The zero-order valence-electron chi connectivity index (χ0n) is 12.9. The molecular weight excluding hydrogens is 304 g/mol. The fraction of sp³-hybridized carbons (Fsp3) is 0.467. The van der Waals surface area contributed by atoms with E-state index in [1.807, 2.05) is 6.92 Å². The first-order chi connectivity index (χ1) is 10.4. The van der Waals surface area contributed by atoms with Gasteiger partial charge in [-0.15, -0.1) is 0 Å². The molecule has 0 saturated carbocycles. The zero-order valence-corrected chi connectivity index (χ0v) is 13.7. The van der Waals surface area contributed by atoms with Gasteiger partial charge in [-0.05, 0) is 42.7 Å². The minimum atomic E-state index is -0.476. The van der Waals surface area contributed by atoms with Gasteiger partial charge in [-0.25, -0.2) is 0 Å². The topological polar surface area (TPSA) is 73.3 Å². The van der Waals surface area contributed by atoms with Gasteiger partial charge in [0.25, 0.3) is 0 Å². The molecule has 0 amide bonds. The molecule has 0 aliphatic carbocycles. The van der Waals surface area contributed by atoms with Crippen LogP contribution in [0, 0.1) is 16.0 Å². The lowest BCUT2D eigenvalue weighted by Crippen LogP contribution is -1.99. The minimum absolute atomic E-state index is 0.152. The molecule has 2 rings (SSSR count). The van der Waals surface area contributed by atoms with Crippen molar-refractivity contribution in [3.8, 4) is 0 Å². The molecule has 0 spiro atoms. The molecule has 0 N–H and O–H groups in total. The standard InChI is InChI=1S/C15H19ClN4O2/c1-10(2)5-4-6-11(3)9-12-15(20(21)22)19-14(17-12)8-7-13(16)18-19/h7-10H,4-6H2,1-3H3/b11-9+. The van der Waals surface area contributed by atoms with Crippen LogP contribution in [0.1, 0.15) is 45.7 Å². The molecule has 6 nitrogen and oxygen atoms in total. The number of aromatic nitrogens is 3. The minimum Gasteiger partial charge on any atom is -0.358 e. The quantitative estimate of drug-likeness (QED) is 0.579. The van der Waals surface area contributed by atoms with Crippen molar-refractivity contribution in [1.29, 1.82) is 0 Å². The van der Waals surface area contributed by atoms with Crippen LogP contribution >= 0.6 is 11.6 Å². The van der Waals surface area contributed by atoms with Crippen molar-refractivity contribution in [3.63, 3.8) is 0 Å². The van der Waals surface area contributed by atoms with Crippen LogP contribution in [-0.2, 0) is 0 Å². The van der Waals surface area contributed by atoms with Crippen molar-refractivity contribution in [1.82, 2.24) is 14.6 Å². The summed E-state index contributed by atoms with van der Waals surface area (Å²) in [6.45, 7) is 6.33. The van der Waals surface area contributed by atoms with Gasteiger partial charge in [0.15, 0.2) is 10.8 Å². The lowest BCUT2D eigenvalue weighted by molar-refractivity contribution is -0.391. The largest absolute Gasteiger partial charge is 0.376 e. The number of rotatable bonds is 6. The molecule has 22 heavy (non-hydrogen) atoms. The molecule has 2 aromatic heterocycles. The van der Waals surface area contributed by atoms with Gasteiger partial charge in [-0.1, -0.05) is 47.1 Å². The summed E-state index contributed by atoms with van der Waals surface area (Å²) in [6.07, 6.45) is 4.86. The molecule has 2 aromatic rings. The van der Waals surface area contributed by atoms with Gasteiger partial charge in [0.2, 0.25) is 5.65 Å². The fourth-order valence-corrected chi connectivity index (χ4v) is 2.42. The van der Waals surface area contributed by atoms with Crippen LogP contribution in [0.4, 0.5) is 5.82 Å². The van der Waals surface area contributed by atoms with Gasteiger partial charge in [0, 0.05) is 6.07 Å². The molecule has 118 valence electrons. The van der Waals surface area contributed by atoms with Crippen molar-refractivity contribution < 1.29 is 4.92 Å². The van der Waals surface area contributed by atoms with E-state index in [0.29, 0.717) is 17.3 Å². The van der Waals surface area contributed by atoms with E-state index >= 15 is 0 Å². The van der Waals surface area contributed by atoms with E-state index in [1.165, 1.54) is 4.52 Å². The van der Waals surface area contributed by atoms with Crippen LogP contribution in [0.2, 0.25) is 5.15 Å². The second-order valence-electron chi connectivity index (χ2n) is 5.78. The molecule has 0 bridgehead atoms. The molecule has 7 heteroatoms. The highest BCUT2D eigenvalue weighted by Crippen LogP contribution is 2.24. The first kappa shape index (κ1) is 16.4. The van der Waals surface area contributed by atoms with Gasteiger partial charge in [-0.2, -0.15) is 4.98 Å². The normalized spacial score (nSPS) is 12.3. The maximum Gasteiger partial charge on any atom is 0.376 e. The van der Waals surface area contributed by atoms with Crippen LogP contribution < -0.4 is 0 Å². The van der Waals surface area contributed by atoms with Crippen LogP contribution in [0.25, 0.3) is 11.7 Å². The summed E-state index contributed by atoms with van der Waals surface area (Å²) < 4.78 is 1.18. The summed E-state index contributed by atoms with van der Waals surface area (Å²) in [6, 6.07) is 3.18. The van der Waals surface area contributed by atoms with Gasteiger partial charge >= 0.3 is 5.82 Å². The predicted molar refractivity (Wildman–Crippen MR) is 87.0 cm³/mol. The number of halogens is 1. The average molecular weight is 323 g/mol. The van der Waals surface area contributed by atoms with Gasteiger partial charge < -0.3 is 10.1 Å². The smallest absolute Gasteiger partial charge is 0.358 e. The summed E-state index contributed by atoms with van der Waals surface area (Å²) in [5.41, 5.74) is 1.80. The van der Waals surface area contributed by atoms with Gasteiger partial charge in [-0.3, -0.25) is 0 Å². The Balaban J connectivity index is 2.34. The molecule has 0 atom stereocenters. The van der Waals surface area contributed by atoms with E-state index in [2.05, 4.69) is 23.9 Å². The third-order valence-electron chi connectivity index (χ3n) is 3.36. The fourth-order valence-electron chi connectivity index (χ4n) is 2.28. The van der Waals surface area contributed by atoms with E-state index in [4.69, 9.17) is 11.6 Å². The molecular formula is C15H19ClN4O2. The van der Waals surface area contributed by atoms with Crippen molar-refractivity contribution in [2.24, 2.45) is 5.92 Å². The number of hydrogen-bond donors (Lipinski definition) is 0. The van der Waals surface area contributed by atoms with E-state index in [9.17, 15) is 10.1 Å². The highest BCUT2D eigenvalue weighted by atomic mass is 35.5. The molecule has 0 radical (unpaired) electrons. The Kier molecular flexibility index (Phi) is 5.13. The first-order valence-corrected chi connectivity index (χ1v) is 7.63. The third kappa shape index (κ3) is 3.82. The van der Waals surface area contributed by atoms with Crippen molar-refractivity contribution >= 4 is 29.1 Å². The Labute approximate surface area is 134 Å². The number of imidazole rings is 1. The lowest BCUT2D eigenvalue weighted by Gasteiger charge is -2.04. The Bertz CT molecular complexity index is 722. The zero-order chi connectivity index (χ0) is 16.3. The Morgan fingerprint density at radius 2 is 2.23 bits per heavy atom. The van der Waals surface area contributed by atoms with E-state index in [1.54, 1.807) is 18.2 Å². The summed E-state index contributed by atoms with van der Waals surface area (Å²) >= 11 is 5.81. The molecule has 0 aliphatic rings. The third-order valence-corrected chi connectivity index (χ3v) is 3.56. The summed E-state index contributed by atoms with van der Waals surface area (Å²) in [7, 11) is 0. The van der Waals surface area contributed by atoms with Gasteiger partial charge in [0.1, 0.15) is 0 Å². The summed E-state index contributed by atoms with van der Waals surface area (Å²) in [5.74, 6) is 0.504. The van der Waals surface area contributed by atoms with E-state index < -0.39 is 4.92 Å². The number of allylic oxidation sites excluding steroid dienone is 1. The SMILES string of the molecule is C/C(=C\c1nc2ccc(Cl)nn2c1[N+](=O)[O-])CCCC(C)C. The van der Waals surface area contributed by atoms with E-state index in [0.717, 1.165) is 24.8 Å². The Morgan fingerprint density at radius 1 is 1.50 bits per heavy atom. The molecule has 0 saturated heterocycles. The number of nitro groups is 1. The molecule has 0 fully saturated rings. The molecule has 0 aromatic carbocycles. The first-order valence-electron chi connectivity index (χ1n) is 7.25. The summed E-state index contributed by atoms with van der Waals surface area (Å²) in [4.78, 5) is 15.1. The highest BCUT2D eigenvalue weighted by Gasteiger charge is 2.23. The highest BCUT2D eigenvalue weighted by molar-refractivity contribution is 6.29. The maximum absolute atomic E-state index is 11.3. The van der Waals surface area contributed by atoms with Crippen molar-refractivity contribution in [2.75, 3.05) is 0 Å². The number of fused-ring (bicyclic) bond motifs is 1. The monoisotopic (exact) mass is 322 g/mol. The number of hydrogen-bond acceptors (Lipinski definition) is 4. The molecule has 0 aliphatic heterocycles. The van der Waals surface area contributed by atoms with Crippen LogP contribution in [-0.4, -0.2) is 19.5 Å². The molecule has 2 heterocycles. The van der Waals surface area contributed by atoms with Crippen LogP contribution in [0.3, 0.4) is 0 Å². The van der Waals surface area contributed by atoms with Crippen molar-refractivity contribution in [3.05, 3.63) is 38.7 Å². The average Bonchev–Trinajstić information content (AvgIpc) is 2.75. The van der Waals surface area contributed by atoms with Crippen LogP contribution in [0.15, 0.2) is 17.7 Å². The Hall–Kier alpha value is -1.95. The van der Waals surface area contributed by atoms with E-state index in [-0.39, 0.29) is 11.0 Å². The predicted octanol–water partition coefficient (Wildman–Crippen LogP) is 4.52. The lowest BCUT2D eigenvalue weighted by atomic mass is 10.0. The Morgan fingerprint density at radius 3 is 2.86 bits per heavy atom. The summed E-state index contributed by atoms with van der Waals surface area (Å²) in [5, 5.41) is 15.5. The van der Waals surface area contributed by atoms with Gasteiger partial charge in [0.05, 0.1) is 0 Å².